The van der Waals surface area contributed by atoms with Gasteiger partial charge >= 0.3 is 0 Å². The molecular formula is C19H22N2O3. The smallest absolute Gasteiger partial charge is 0.270 e. The number of hydrogen-bond acceptors (Lipinski definition) is 3. The Bertz CT molecular complexity index is 700. The van der Waals surface area contributed by atoms with Crippen LogP contribution in [0.3, 0.4) is 0 Å². The zero-order valence-electron chi connectivity index (χ0n) is 13.6. The van der Waals surface area contributed by atoms with Gasteiger partial charge in [-0.25, -0.2) is 0 Å². The molecule has 0 aliphatic heterocycles. The van der Waals surface area contributed by atoms with Crippen molar-refractivity contribution in [3.05, 3.63) is 46.0 Å². The van der Waals surface area contributed by atoms with Crippen LogP contribution in [0.2, 0.25) is 0 Å². The minimum Gasteiger partial charge on any atom is -0.350 e. The second-order valence-electron chi connectivity index (χ2n) is 7.45. The molecule has 1 aromatic carbocycles. The minimum absolute atomic E-state index is 0.0398. The van der Waals surface area contributed by atoms with Crippen LogP contribution in [0.4, 0.5) is 5.69 Å². The summed E-state index contributed by atoms with van der Waals surface area (Å²) in [6.07, 6.45) is 9.64. The lowest BCUT2D eigenvalue weighted by Gasteiger charge is -2.31. The third kappa shape index (κ3) is 2.72. The summed E-state index contributed by atoms with van der Waals surface area (Å²) in [5.74, 6) is 3.14. The number of fused-ring (bicyclic) bond motifs is 5. The molecule has 3 saturated carbocycles. The first kappa shape index (κ1) is 15.4. The van der Waals surface area contributed by atoms with Crippen LogP contribution >= 0.6 is 0 Å². The maximum Gasteiger partial charge on any atom is 0.270 e. The van der Waals surface area contributed by atoms with Crippen molar-refractivity contribution < 1.29 is 9.72 Å². The van der Waals surface area contributed by atoms with Gasteiger partial charge in [0.25, 0.3) is 5.69 Å². The maximum absolute atomic E-state index is 12.2. The second-order valence-corrected chi connectivity index (χ2v) is 7.45. The summed E-state index contributed by atoms with van der Waals surface area (Å²) < 4.78 is 0. The molecule has 5 heteroatoms. The van der Waals surface area contributed by atoms with Crippen molar-refractivity contribution >= 4 is 17.7 Å². The quantitative estimate of drug-likeness (QED) is 0.522. The lowest BCUT2D eigenvalue weighted by molar-refractivity contribution is -0.384. The highest BCUT2D eigenvalue weighted by Crippen LogP contribution is 2.58. The van der Waals surface area contributed by atoms with E-state index in [1.54, 1.807) is 18.2 Å². The lowest BCUT2D eigenvalue weighted by atomic mass is 9.79. The predicted molar refractivity (Wildman–Crippen MR) is 91.1 cm³/mol. The Morgan fingerprint density at radius 1 is 1.21 bits per heavy atom. The highest BCUT2D eigenvalue weighted by molar-refractivity contribution is 5.92. The summed E-state index contributed by atoms with van der Waals surface area (Å²) >= 11 is 0. The third-order valence-corrected chi connectivity index (χ3v) is 6.26. The van der Waals surface area contributed by atoms with Gasteiger partial charge in [-0.1, -0.05) is 18.6 Å². The number of rotatable bonds is 4. The molecule has 0 heterocycles. The van der Waals surface area contributed by atoms with Gasteiger partial charge in [-0.15, -0.1) is 0 Å². The lowest BCUT2D eigenvalue weighted by Crippen LogP contribution is -2.41. The van der Waals surface area contributed by atoms with Crippen LogP contribution in [0.5, 0.6) is 0 Å². The van der Waals surface area contributed by atoms with Gasteiger partial charge in [-0.05, 0) is 61.0 Å². The predicted octanol–water partition coefficient (Wildman–Crippen LogP) is 3.55. The van der Waals surface area contributed by atoms with Crippen molar-refractivity contribution in [2.24, 2.45) is 23.7 Å². The zero-order chi connectivity index (χ0) is 16.7. The van der Waals surface area contributed by atoms with Gasteiger partial charge < -0.3 is 5.32 Å². The summed E-state index contributed by atoms with van der Waals surface area (Å²) in [7, 11) is 0. The molecule has 3 fully saturated rings. The van der Waals surface area contributed by atoms with Crippen LogP contribution in [-0.4, -0.2) is 16.9 Å². The normalized spacial score (nSPS) is 33.8. The van der Waals surface area contributed by atoms with Gasteiger partial charge in [0.15, 0.2) is 0 Å². The van der Waals surface area contributed by atoms with E-state index in [1.807, 2.05) is 0 Å². The van der Waals surface area contributed by atoms with Gasteiger partial charge in [-0.3, -0.25) is 14.9 Å². The summed E-state index contributed by atoms with van der Waals surface area (Å²) in [6.45, 7) is 0. The highest BCUT2D eigenvalue weighted by atomic mass is 16.6. The molecule has 24 heavy (non-hydrogen) atoms. The summed E-state index contributed by atoms with van der Waals surface area (Å²) in [5, 5.41) is 14.0. The summed E-state index contributed by atoms with van der Waals surface area (Å²) in [6, 6.07) is 6.63. The Balaban J connectivity index is 1.37. The van der Waals surface area contributed by atoms with E-state index in [4.69, 9.17) is 0 Å². The fourth-order valence-electron chi connectivity index (χ4n) is 5.38. The maximum atomic E-state index is 12.2. The molecule has 0 saturated heterocycles. The van der Waals surface area contributed by atoms with Crippen LogP contribution in [0.15, 0.2) is 30.3 Å². The third-order valence-electron chi connectivity index (χ3n) is 6.26. The number of non-ortho nitro benzene ring substituents is 1. The fraction of sp³-hybridized carbons (Fsp3) is 0.526. The molecule has 5 atom stereocenters. The molecule has 1 N–H and O–H groups in total. The van der Waals surface area contributed by atoms with Gasteiger partial charge in [0, 0.05) is 24.3 Å². The van der Waals surface area contributed by atoms with E-state index >= 15 is 0 Å². The number of nitro groups is 1. The van der Waals surface area contributed by atoms with Crippen LogP contribution in [-0.2, 0) is 4.79 Å². The van der Waals surface area contributed by atoms with Crippen LogP contribution < -0.4 is 5.32 Å². The first-order valence-electron chi connectivity index (χ1n) is 8.85. The van der Waals surface area contributed by atoms with E-state index in [-0.39, 0.29) is 11.6 Å². The van der Waals surface area contributed by atoms with Crippen molar-refractivity contribution in [2.75, 3.05) is 0 Å². The van der Waals surface area contributed by atoms with Gasteiger partial charge in [-0.2, -0.15) is 0 Å². The van der Waals surface area contributed by atoms with E-state index in [1.165, 1.54) is 43.9 Å². The molecule has 5 nitrogen and oxygen atoms in total. The molecular weight excluding hydrogens is 304 g/mol. The number of amides is 1. The molecule has 0 unspecified atom stereocenters. The van der Waals surface area contributed by atoms with E-state index in [9.17, 15) is 14.9 Å². The SMILES string of the molecule is O=C(/C=C\c1cccc([N+](=O)[O-])c1)N[C@@H]1C[C@H]2C[C@H]1[C@@H]1CCC[C@H]21. The number of nitrogens with zero attached hydrogens (tertiary/aromatic N) is 1. The van der Waals surface area contributed by atoms with Gasteiger partial charge in [0.05, 0.1) is 4.92 Å². The largest absolute Gasteiger partial charge is 0.350 e. The summed E-state index contributed by atoms with van der Waals surface area (Å²) in [4.78, 5) is 22.6. The van der Waals surface area contributed by atoms with Crippen LogP contribution in [0.1, 0.15) is 37.7 Å². The first-order valence-corrected chi connectivity index (χ1v) is 8.85. The van der Waals surface area contributed by atoms with Crippen molar-refractivity contribution in [2.45, 2.75) is 38.1 Å². The molecule has 0 radical (unpaired) electrons. The average Bonchev–Trinajstić information content (AvgIpc) is 3.26. The molecule has 1 aromatic rings. The highest BCUT2D eigenvalue weighted by Gasteiger charge is 2.53. The summed E-state index contributed by atoms with van der Waals surface area (Å²) in [5.41, 5.74) is 0.709. The van der Waals surface area contributed by atoms with E-state index in [2.05, 4.69) is 5.32 Å². The Labute approximate surface area is 141 Å². The van der Waals surface area contributed by atoms with Crippen molar-refractivity contribution in [1.82, 2.24) is 5.32 Å². The Hall–Kier alpha value is -2.17. The number of nitro benzene ring substituents is 1. The molecule has 3 aliphatic carbocycles. The van der Waals surface area contributed by atoms with E-state index < -0.39 is 4.92 Å². The number of benzene rings is 1. The minimum atomic E-state index is -0.426. The standard InChI is InChI=1S/C19H22N2O3/c22-19(8-7-12-3-1-4-14(9-12)21(23)24)20-18-11-13-10-17(18)16-6-2-5-15(13)16/h1,3-4,7-9,13,15-18H,2,5-6,10-11H2,(H,20,22)/b8-7-/t13-,15-,16-,17+,18-/m1/s1. The topological polar surface area (TPSA) is 72.2 Å². The van der Waals surface area contributed by atoms with Crippen molar-refractivity contribution in [1.29, 1.82) is 0 Å². The average molecular weight is 326 g/mol. The van der Waals surface area contributed by atoms with Crippen molar-refractivity contribution in [3.63, 3.8) is 0 Å². The molecule has 3 aliphatic rings. The van der Waals surface area contributed by atoms with Crippen LogP contribution in [0.25, 0.3) is 6.08 Å². The number of hydrogen-bond donors (Lipinski definition) is 1. The van der Waals surface area contributed by atoms with Gasteiger partial charge in [0.2, 0.25) is 5.91 Å². The number of nitrogens with one attached hydrogen (secondary N) is 1. The molecule has 1 amide bonds. The molecule has 2 bridgehead atoms. The Morgan fingerprint density at radius 2 is 2.04 bits per heavy atom. The first-order chi connectivity index (χ1) is 11.6. The number of carbonyl (C=O) groups excluding carboxylic acids is 1. The Kier molecular flexibility index (Phi) is 3.87. The molecule has 0 aromatic heterocycles. The van der Waals surface area contributed by atoms with Crippen LogP contribution in [0, 0.1) is 33.8 Å². The Morgan fingerprint density at radius 3 is 2.88 bits per heavy atom. The molecule has 0 spiro atoms. The monoisotopic (exact) mass is 326 g/mol. The van der Waals surface area contributed by atoms with E-state index in [0.29, 0.717) is 17.5 Å². The fourth-order valence-corrected chi connectivity index (χ4v) is 5.38. The van der Waals surface area contributed by atoms with E-state index in [0.717, 1.165) is 24.2 Å². The zero-order valence-corrected chi connectivity index (χ0v) is 13.6. The number of carbonyl (C=O) groups is 1. The molecule has 4 rings (SSSR count). The second kappa shape index (κ2) is 6.04. The van der Waals surface area contributed by atoms with Gasteiger partial charge in [0.1, 0.15) is 0 Å². The van der Waals surface area contributed by atoms with Crippen molar-refractivity contribution in [3.8, 4) is 0 Å². The molecule has 126 valence electrons.